The quantitative estimate of drug-likeness (QED) is 0.824. The van der Waals surface area contributed by atoms with E-state index < -0.39 is 0 Å². The number of piperidine rings is 1. The van der Waals surface area contributed by atoms with Crippen molar-refractivity contribution in [3.8, 4) is 0 Å². The summed E-state index contributed by atoms with van der Waals surface area (Å²) in [6.07, 6.45) is 5.88. The van der Waals surface area contributed by atoms with Gasteiger partial charge in [0, 0.05) is 49.3 Å². The second-order valence-electron chi connectivity index (χ2n) is 6.31. The maximum Gasteiger partial charge on any atom is 0.225 e. The van der Waals surface area contributed by atoms with Crippen LogP contribution >= 0.6 is 0 Å². The lowest BCUT2D eigenvalue weighted by Crippen LogP contribution is -2.46. The SMILES string of the molecule is Cc1nn(CCO)c(C)c1CN[C@@H]1CCCN(c2ncccn2)C1. The Hall–Kier alpha value is -1.99. The molecule has 7 nitrogen and oxygen atoms in total. The first kappa shape index (κ1) is 16.9. The molecule has 1 fully saturated rings. The summed E-state index contributed by atoms with van der Waals surface area (Å²) in [7, 11) is 0. The molecule has 0 radical (unpaired) electrons. The smallest absolute Gasteiger partial charge is 0.225 e. The van der Waals surface area contributed by atoms with Gasteiger partial charge >= 0.3 is 0 Å². The summed E-state index contributed by atoms with van der Waals surface area (Å²) in [4.78, 5) is 11.0. The Morgan fingerprint density at radius 3 is 2.83 bits per heavy atom. The van der Waals surface area contributed by atoms with Crippen LogP contribution in [0, 0.1) is 13.8 Å². The van der Waals surface area contributed by atoms with Gasteiger partial charge in [0.1, 0.15) is 0 Å². The predicted octanol–water partition coefficient (Wildman–Crippen LogP) is 1.04. The number of aryl methyl sites for hydroxylation is 1. The first-order chi connectivity index (χ1) is 11.7. The number of aliphatic hydroxyl groups is 1. The van der Waals surface area contributed by atoms with E-state index in [1.165, 1.54) is 5.56 Å². The standard InChI is InChI=1S/C17H26N6O/c1-13-16(14(2)23(21-13)9-10-24)11-20-15-5-3-8-22(12-15)17-18-6-4-7-19-17/h4,6-7,15,20,24H,3,5,8-12H2,1-2H3/t15-/m1/s1. The Balaban J connectivity index is 1.61. The summed E-state index contributed by atoms with van der Waals surface area (Å²) in [5, 5.41) is 17.3. The highest BCUT2D eigenvalue weighted by Gasteiger charge is 2.22. The number of hydrogen-bond donors (Lipinski definition) is 2. The van der Waals surface area contributed by atoms with Gasteiger partial charge in [-0.05, 0) is 32.8 Å². The number of hydrogen-bond acceptors (Lipinski definition) is 6. The van der Waals surface area contributed by atoms with Crippen molar-refractivity contribution in [1.82, 2.24) is 25.1 Å². The second kappa shape index (κ2) is 7.72. The molecule has 0 bridgehead atoms. The van der Waals surface area contributed by atoms with Crippen LogP contribution in [0.25, 0.3) is 0 Å². The topological polar surface area (TPSA) is 79.1 Å². The lowest BCUT2D eigenvalue weighted by molar-refractivity contribution is 0.267. The Bertz CT molecular complexity index is 657. The molecule has 0 aromatic carbocycles. The van der Waals surface area contributed by atoms with Crippen molar-refractivity contribution in [2.24, 2.45) is 0 Å². The van der Waals surface area contributed by atoms with E-state index in [9.17, 15) is 0 Å². The summed E-state index contributed by atoms with van der Waals surface area (Å²) >= 11 is 0. The number of aliphatic hydroxyl groups excluding tert-OH is 1. The first-order valence-corrected chi connectivity index (χ1v) is 8.58. The van der Waals surface area contributed by atoms with Crippen LogP contribution in [0.15, 0.2) is 18.5 Å². The lowest BCUT2D eigenvalue weighted by Gasteiger charge is -2.33. The molecule has 0 amide bonds. The van der Waals surface area contributed by atoms with Crippen molar-refractivity contribution >= 4 is 5.95 Å². The molecular formula is C17H26N6O. The van der Waals surface area contributed by atoms with Crippen LogP contribution in [0.3, 0.4) is 0 Å². The molecule has 24 heavy (non-hydrogen) atoms. The van der Waals surface area contributed by atoms with Gasteiger partial charge in [-0.3, -0.25) is 4.68 Å². The highest BCUT2D eigenvalue weighted by Crippen LogP contribution is 2.17. The maximum atomic E-state index is 9.12. The van der Waals surface area contributed by atoms with E-state index >= 15 is 0 Å². The molecule has 2 aromatic heterocycles. The normalized spacial score (nSPS) is 18.1. The van der Waals surface area contributed by atoms with Gasteiger partial charge in [0.2, 0.25) is 5.95 Å². The Labute approximate surface area is 142 Å². The number of aromatic nitrogens is 4. The largest absolute Gasteiger partial charge is 0.394 e. The van der Waals surface area contributed by atoms with Crippen molar-refractivity contribution < 1.29 is 5.11 Å². The van der Waals surface area contributed by atoms with Crippen LogP contribution in [-0.4, -0.2) is 50.6 Å². The van der Waals surface area contributed by atoms with E-state index in [1.807, 2.05) is 17.7 Å². The minimum absolute atomic E-state index is 0.115. The number of anilines is 1. The van der Waals surface area contributed by atoms with E-state index in [1.54, 1.807) is 12.4 Å². The molecule has 0 aliphatic carbocycles. The molecule has 2 N–H and O–H groups in total. The summed E-state index contributed by atoms with van der Waals surface area (Å²) in [5.41, 5.74) is 3.40. The minimum Gasteiger partial charge on any atom is -0.394 e. The molecule has 0 spiro atoms. The fraction of sp³-hybridized carbons (Fsp3) is 0.588. The van der Waals surface area contributed by atoms with Crippen LogP contribution in [0.2, 0.25) is 0 Å². The van der Waals surface area contributed by atoms with Gasteiger partial charge < -0.3 is 15.3 Å². The van der Waals surface area contributed by atoms with Gasteiger partial charge in [0.25, 0.3) is 0 Å². The zero-order valence-corrected chi connectivity index (χ0v) is 14.4. The van der Waals surface area contributed by atoms with Crippen LogP contribution in [0.4, 0.5) is 5.95 Å². The number of nitrogens with zero attached hydrogens (tertiary/aromatic N) is 5. The zero-order valence-electron chi connectivity index (χ0n) is 14.4. The van der Waals surface area contributed by atoms with Gasteiger partial charge in [0.05, 0.1) is 18.8 Å². The molecule has 0 unspecified atom stereocenters. The van der Waals surface area contributed by atoms with E-state index in [0.717, 1.165) is 49.8 Å². The second-order valence-corrected chi connectivity index (χ2v) is 6.31. The first-order valence-electron chi connectivity index (χ1n) is 8.58. The Morgan fingerprint density at radius 2 is 2.08 bits per heavy atom. The lowest BCUT2D eigenvalue weighted by atomic mass is 10.1. The average Bonchev–Trinajstić information content (AvgIpc) is 2.88. The average molecular weight is 330 g/mol. The summed E-state index contributed by atoms with van der Waals surface area (Å²) in [5.74, 6) is 0.812. The third-order valence-electron chi connectivity index (χ3n) is 4.67. The number of rotatable bonds is 6. The molecule has 3 heterocycles. The van der Waals surface area contributed by atoms with Gasteiger partial charge in [-0.15, -0.1) is 0 Å². The van der Waals surface area contributed by atoms with Gasteiger partial charge in [-0.1, -0.05) is 0 Å². The van der Waals surface area contributed by atoms with Crippen molar-refractivity contribution in [3.63, 3.8) is 0 Å². The highest BCUT2D eigenvalue weighted by molar-refractivity contribution is 5.30. The molecule has 2 aromatic rings. The molecule has 1 aliphatic rings. The van der Waals surface area contributed by atoms with Gasteiger partial charge in [0.15, 0.2) is 0 Å². The van der Waals surface area contributed by atoms with Crippen LogP contribution in [-0.2, 0) is 13.1 Å². The molecule has 130 valence electrons. The molecule has 1 saturated heterocycles. The minimum atomic E-state index is 0.115. The highest BCUT2D eigenvalue weighted by atomic mass is 16.3. The third kappa shape index (κ3) is 3.73. The van der Waals surface area contributed by atoms with Gasteiger partial charge in [-0.25, -0.2) is 9.97 Å². The molecule has 0 saturated carbocycles. The molecule has 1 aliphatic heterocycles. The number of nitrogens with one attached hydrogen (secondary N) is 1. The Morgan fingerprint density at radius 1 is 1.29 bits per heavy atom. The maximum absolute atomic E-state index is 9.12. The molecule has 3 rings (SSSR count). The molecular weight excluding hydrogens is 304 g/mol. The molecule has 1 atom stereocenters. The van der Waals surface area contributed by atoms with E-state index in [2.05, 4.69) is 32.2 Å². The predicted molar refractivity (Wildman–Crippen MR) is 92.9 cm³/mol. The van der Waals surface area contributed by atoms with E-state index in [0.29, 0.717) is 12.6 Å². The summed E-state index contributed by atoms with van der Waals surface area (Å²) in [6, 6.07) is 2.27. The fourth-order valence-electron chi connectivity index (χ4n) is 3.33. The van der Waals surface area contributed by atoms with Crippen molar-refractivity contribution in [1.29, 1.82) is 0 Å². The van der Waals surface area contributed by atoms with Crippen molar-refractivity contribution in [2.45, 2.75) is 45.8 Å². The van der Waals surface area contributed by atoms with Crippen molar-refractivity contribution in [2.75, 3.05) is 24.6 Å². The van der Waals surface area contributed by atoms with Crippen LogP contribution < -0.4 is 10.2 Å². The third-order valence-corrected chi connectivity index (χ3v) is 4.67. The fourth-order valence-corrected chi connectivity index (χ4v) is 3.33. The van der Waals surface area contributed by atoms with Crippen LogP contribution in [0.1, 0.15) is 29.8 Å². The van der Waals surface area contributed by atoms with E-state index in [4.69, 9.17) is 5.11 Å². The summed E-state index contributed by atoms with van der Waals surface area (Å²) in [6.45, 7) is 7.50. The van der Waals surface area contributed by atoms with Gasteiger partial charge in [-0.2, -0.15) is 5.10 Å². The van der Waals surface area contributed by atoms with Crippen molar-refractivity contribution in [3.05, 3.63) is 35.4 Å². The monoisotopic (exact) mass is 330 g/mol. The summed E-state index contributed by atoms with van der Waals surface area (Å²) < 4.78 is 1.89. The zero-order chi connectivity index (χ0) is 16.9. The molecule has 7 heteroatoms. The van der Waals surface area contributed by atoms with E-state index in [-0.39, 0.29) is 6.61 Å². The van der Waals surface area contributed by atoms with Crippen LogP contribution in [0.5, 0.6) is 0 Å². The Kier molecular flexibility index (Phi) is 5.42.